The van der Waals surface area contributed by atoms with Gasteiger partial charge in [-0.15, -0.1) is 0 Å². The van der Waals surface area contributed by atoms with Crippen LogP contribution < -0.4 is 11.1 Å². The number of hydrogen-bond acceptors (Lipinski definition) is 2. The van der Waals surface area contributed by atoms with E-state index in [1.54, 1.807) is 24.3 Å². The fourth-order valence-corrected chi connectivity index (χ4v) is 1.22. The molecule has 0 aliphatic rings. The Morgan fingerprint density at radius 1 is 1.15 bits per heavy atom. The summed E-state index contributed by atoms with van der Waals surface area (Å²) >= 11 is 0. The molecule has 5 heteroatoms. The van der Waals surface area contributed by atoms with Crippen LogP contribution in [0, 0.1) is 0 Å². The van der Waals surface area contributed by atoms with Crippen molar-refractivity contribution < 1.29 is 0 Å². The van der Waals surface area contributed by atoms with Crippen molar-refractivity contribution in [2.24, 2.45) is 0 Å². The van der Waals surface area contributed by atoms with Crippen LogP contribution in [0.5, 0.6) is 0 Å². The third-order valence-electron chi connectivity index (χ3n) is 1.84. The maximum atomic E-state index is 11.3. The summed E-state index contributed by atoms with van der Waals surface area (Å²) in [4.78, 5) is 22.6. The molecule has 0 atom stereocenters. The molecule has 1 heterocycles. The van der Waals surface area contributed by atoms with Crippen molar-refractivity contribution in [1.29, 1.82) is 0 Å². The zero-order valence-corrected chi connectivity index (χ0v) is 6.65. The molecule has 2 aromatic rings. The van der Waals surface area contributed by atoms with Crippen molar-refractivity contribution in [3.05, 3.63) is 45.0 Å². The standard InChI is InChI=1S/C8H5BN2O2/c9-11-8(13)6-4-2-1-3-5(6)7(12)10-11/h1-4H,(H,10,12). The molecule has 62 valence electrons. The monoisotopic (exact) mass is 172 g/mol. The van der Waals surface area contributed by atoms with Crippen LogP contribution in [0.25, 0.3) is 10.8 Å². The summed E-state index contributed by atoms with van der Waals surface area (Å²) in [6.07, 6.45) is 0. The van der Waals surface area contributed by atoms with Gasteiger partial charge in [-0.05, 0) is 12.1 Å². The highest BCUT2D eigenvalue weighted by molar-refractivity contribution is 6.06. The molecule has 1 aromatic heterocycles. The summed E-state index contributed by atoms with van der Waals surface area (Å²) in [6, 6.07) is 6.52. The maximum Gasteiger partial charge on any atom is 0.269 e. The van der Waals surface area contributed by atoms with E-state index in [9.17, 15) is 9.59 Å². The number of aromatic nitrogens is 2. The Kier molecular flexibility index (Phi) is 1.58. The smallest absolute Gasteiger partial charge is 0.269 e. The molecular formula is C8H5BN2O2. The van der Waals surface area contributed by atoms with Gasteiger partial charge in [0.05, 0.1) is 10.8 Å². The molecule has 1 N–H and O–H groups in total. The Bertz CT molecular complexity index is 570. The summed E-state index contributed by atoms with van der Waals surface area (Å²) in [5.41, 5.74) is -0.770. The number of fused-ring (bicyclic) bond motifs is 1. The van der Waals surface area contributed by atoms with Crippen molar-refractivity contribution in [3.8, 4) is 0 Å². The first kappa shape index (κ1) is 7.85. The van der Waals surface area contributed by atoms with Gasteiger partial charge in [-0.1, -0.05) is 12.1 Å². The minimum absolute atomic E-state index is 0.328. The van der Waals surface area contributed by atoms with E-state index in [0.29, 0.717) is 15.4 Å². The normalized spacial score (nSPS) is 10.5. The van der Waals surface area contributed by atoms with Gasteiger partial charge in [-0.2, -0.15) is 0 Å². The van der Waals surface area contributed by atoms with Crippen LogP contribution in [0.3, 0.4) is 0 Å². The van der Waals surface area contributed by atoms with E-state index >= 15 is 0 Å². The summed E-state index contributed by atoms with van der Waals surface area (Å²) in [5.74, 6) is 0. The van der Waals surface area contributed by atoms with Crippen molar-refractivity contribution in [3.63, 3.8) is 0 Å². The second kappa shape index (κ2) is 2.62. The lowest BCUT2D eigenvalue weighted by atomic mass is 10.2. The highest BCUT2D eigenvalue weighted by Crippen LogP contribution is 2.01. The second-order valence-corrected chi connectivity index (χ2v) is 2.66. The third-order valence-corrected chi connectivity index (χ3v) is 1.84. The van der Waals surface area contributed by atoms with E-state index in [1.807, 2.05) is 0 Å². The van der Waals surface area contributed by atoms with Gasteiger partial charge in [0, 0.05) is 0 Å². The number of hydrogen-bond donors (Lipinski definition) is 1. The van der Waals surface area contributed by atoms with Crippen molar-refractivity contribution in [1.82, 2.24) is 9.69 Å². The van der Waals surface area contributed by atoms with Gasteiger partial charge in [0.25, 0.3) is 19.1 Å². The number of rotatable bonds is 0. The van der Waals surface area contributed by atoms with Gasteiger partial charge < -0.3 is 4.59 Å². The van der Waals surface area contributed by atoms with E-state index in [-0.39, 0.29) is 5.56 Å². The van der Waals surface area contributed by atoms with Crippen LogP contribution in [0.4, 0.5) is 0 Å². The second-order valence-electron chi connectivity index (χ2n) is 2.66. The molecule has 0 amide bonds. The average molecular weight is 172 g/mol. The summed E-state index contributed by atoms with van der Waals surface area (Å²) < 4.78 is 0.685. The largest absolute Gasteiger partial charge is 0.311 e. The van der Waals surface area contributed by atoms with Crippen molar-refractivity contribution >= 4 is 18.8 Å². The highest BCUT2D eigenvalue weighted by Gasteiger charge is 2.01. The summed E-state index contributed by atoms with van der Waals surface area (Å²) in [7, 11) is 5.24. The Morgan fingerprint density at radius 3 is 2.46 bits per heavy atom. The molecule has 0 saturated carbocycles. The fourth-order valence-electron chi connectivity index (χ4n) is 1.22. The summed E-state index contributed by atoms with van der Waals surface area (Å²) in [5, 5.41) is 2.89. The Balaban J connectivity index is 3.15. The van der Waals surface area contributed by atoms with Gasteiger partial charge in [0.1, 0.15) is 0 Å². The topological polar surface area (TPSA) is 54.9 Å². The first-order valence-electron chi connectivity index (χ1n) is 3.69. The SMILES string of the molecule is [B]n1[nH]c(=O)c2ccccc2c1=O. The molecular weight excluding hydrogens is 167 g/mol. The quantitative estimate of drug-likeness (QED) is 0.550. The molecule has 0 bridgehead atoms. The Morgan fingerprint density at radius 2 is 1.77 bits per heavy atom. The first-order chi connectivity index (χ1) is 6.20. The van der Waals surface area contributed by atoms with Crippen LogP contribution in [-0.2, 0) is 0 Å². The van der Waals surface area contributed by atoms with Gasteiger partial charge in [0.2, 0.25) is 0 Å². The number of H-pyrrole nitrogens is 1. The molecule has 0 unspecified atom stereocenters. The maximum absolute atomic E-state index is 11.3. The Labute approximate surface area is 74.2 Å². The van der Waals surface area contributed by atoms with Crippen LogP contribution in [-0.4, -0.2) is 17.7 Å². The van der Waals surface area contributed by atoms with E-state index in [0.717, 1.165) is 0 Å². The van der Waals surface area contributed by atoms with Crippen LogP contribution in [0.15, 0.2) is 33.9 Å². The van der Waals surface area contributed by atoms with Gasteiger partial charge in [0.15, 0.2) is 0 Å². The zero-order chi connectivity index (χ0) is 9.42. The van der Waals surface area contributed by atoms with Crippen LogP contribution in [0.2, 0.25) is 0 Å². The predicted octanol–water partition coefficient (Wildman–Crippen LogP) is -0.379. The molecule has 0 spiro atoms. The third kappa shape index (κ3) is 1.09. The molecule has 0 aliphatic carbocycles. The average Bonchev–Trinajstić information content (AvgIpc) is 2.15. The lowest BCUT2D eigenvalue weighted by Crippen LogP contribution is -2.28. The number of benzene rings is 1. The van der Waals surface area contributed by atoms with E-state index in [2.05, 4.69) is 5.10 Å². The number of nitrogens with one attached hydrogen (secondary N) is 1. The minimum Gasteiger partial charge on any atom is -0.311 e. The van der Waals surface area contributed by atoms with Gasteiger partial charge in [-0.25, -0.2) is 0 Å². The molecule has 2 radical (unpaired) electrons. The fraction of sp³-hybridized carbons (Fsp3) is 0. The molecule has 1 aromatic carbocycles. The molecule has 0 fully saturated rings. The molecule has 0 aliphatic heterocycles. The van der Waals surface area contributed by atoms with Crippen LogP contribution >= 0.6 is 0 Å². The lowest BCUT2D eigenvalue weighted by molar-refractivity contribution is 0.892. The Hall–Kier alpha value is -1.78. The number of nitrogens with zero attached hydrogens (tertiary/aromatic N) is 1. The molecule has 2 rings (SSSR count). The lowest BCUT2D eigenvalue weighted by Gasteiger charge is -1.99. The molecule has 0 saturated heterocycles. The van der Waals surface area contributed by atoms with Crippen LogP contribution in [0.1, 0.15) is 0 Å². The molecule has 13 heavy (non-hydrogen) atoms. The van der Waals surface area contributed by atoms with E-state index < -0.39 is 5.56 Å². The van der Waals surface area contributed by atoms with Crippen molar-refractivity contribution in [2.75, 3.05) is 0 Å². The minimum atomic E-state index is -0.407. The van der Waals surface area contributed by atoms with E-state index in [4.69, 9.17) is 7.98 Å². The zero-order valence-electron chi connectivity index (χ0n) is 6.65. The van der Waals surface area contributed by atoms with Crippen molar-refractivity contribution in [2.45, 2.75) is 0 Å². The summed E-state index contributed by atoms with van der Waals surface area (Å²) in [6.45, 7) is 0. The van der Waals surface area contributed by atoms with E-state index in [1.165, 1.54) is 0 Å². The highest BCUT2D eigenvalue weighted by atomic mass is 16.1. The number of aromatic amines is 1. The first-order valence-corrected chi connectivity index (χ1v) is 3.69. The predicted molar refractivity (Wildman–Crippen MR) is 50.0 cm³/mol. The van der Waals surface area contributed by atoms with Gasteiger partial charge >= 0.3 is 0 Å². The molecule has 4 nitrogen and oxygen atoms in total. The van der Waals surface area contributed by atoms with Gasteiger partial charge in [-0.3, -0.25) is 14.7 Å².